The molecule has 5 nitrogen and oxygen atoms in total. The molecule has 0 saturated carbocycles. The number of urea groups is 1. The Balaban J connectivity index is 1.79. The van der Waals surface area contributed by atoms with E-state index in [1.165, 1.54) is 12.8 Å². The number of aryl methyl sites for hydroxylation is 1. The maximum atomic E-state index is 11.9. The average Bonchev–Trinajstić information content (AvgIpc) is 2.58. The van der Waals surface area contributed by atoms with E-state index in [-0.39, 0.29) is 6.03 Å². The number of nitrogens with one attached hydrogen (secondary N) is 1. The summed E-state index contributed by atoms with van der Waals surface area (Å²) in [6, 6.07) is -0.0113. The second-order valence-electron chi connectivity index (χ2n) is 4.42. The van der Waals surface area contributed by atoms with E-state index in [9.17, 15) is 4.79 Å². The molecule has 0 spiro atoms. The molecule has 1 N–H and O–H groups in total. The number of hydrogen-bond acceptors (Lipinski definition) is 3. The second kappa shape index (κ2) is 5.70. The molecule has 17 heavy (non-hydrogen) atoms. The van der Waals surface area contributed by atoms with Gasteiger partial charge in [-0.05, 0) is 19.8 Å². The van der Waals surface area contributed by atoms with Crippen LogP contribution >= 0.6 is 0 Å². The lowest BCUT2D eigenvalue weighted by atomic mass is 10.2. The minimum atomic E-state index is -0.0113. The van der Waals surface area contributed by atoms with Crippen LogP contribution in [0.1, 0.15) is 37.3 Å². The molecule has 5 heteroatoms. The molecular formula is C12H19N3O2. The van der Waals surface area contributed by atoms with Crippen LogP contribution in [0.15, 0.2) is 10.6 Å². The third-order valence-corrected chi connectivity index (χ3v) is 2.95. The number of hydrogen-bond donors (Lipinski definition) is 1. The smallest absolute Gasteiger partial charge is 0.317 e. The van der Waals surface area contributed by atoms with Gasteiger partial charge in [-0.15, -0.1) is 0 Å². The number of likely N-dealkylation sites (tertiary alicyclic amines) is 1. The first-order chi connectivity index (χ1) is 8.25. The molecule has 0 atom stereocenters. The molecule has 0 unspecified atom stereocenters. The van der Waals surface area contributed by atoms with Crippen LogP contribution in [0.3, 0.4) is 0 Å². The van der Waals surface area contributed by atoms with Crippen molar-refractivity contribution in [2.24, 2.45) is 0 Å². The third kappa shape index (κ3) is 3.47. The molecule has 2 rings (SSSR count). The zero-order valence-electron chi connectivity index (χ0n) is 10.2. The molecule has 1 aliphatic rings. The highest BCUT2D eigenvalue weighted by atomic mass is 16.4. The molecule has 0 bridgehead atoms. The van der Waals surface area contributed by atoms with Gasteiger partial charge in [-0.3, -0.25) is 0 Å². The Morgan fingerprint density at radius 3 is 2.71 bits per heavy atom. The van der Waals surface area contributed by atoms with E-state index < -0.39 is 0 Å². The van der Waals surface area contributed by atoms with Crippen LogP contribution in [0.4, 0.5) is 4.79 Å². The van der Waals surface area contributed by atoms with Gasteiger partial charge in [0.2, 0.25) is 5.89 Å². The fourth-order valence-electron chi connectivity index (χ4n) is 2.02. The zero-order valence-corrected chi connectivity index (χ0v) is 10.2. The number of amides is 2. The predicted molar refractivity (Wildman–Crippen MR) is 63.5 cm³/mol. The molecule has 94 valence electrons. The topological polar surface area (TPSA) is 58.4 Å². The van der Waals surface area contributed by atoms with Crippen molar-refractivity contribution < 1.29 is 9.21 Å². The van der Waals surface area contributed by atoms with Crippen molar-refractivity contribution in [3.63, 3.8) is 0 Å². The van der Waals surface area contributed by atoms with E-state index in [4.69, 9.17) is 4.42 Å². The van der Waals surface area contributed by atoms with Crippen LogP contribution in [-0.2, 0) is 6.54 Å². The Hall–Kier alpha value is -1.52. The van der Waals surface area contributed by atoms with E-state index >= 15 is 0 Å². The van der Waals surface area contributed by atoms with Crippen LogP contribution in [0.2, 0.25) is 0 Å². The highest BCUT2D eigenvalue weighted by Crippen LogP contribution is 2.09. The number of oxazole rings is 1. The van der Waals surface area contributed by atoms with E-state index in [1.807, 2.05) is 11.8 Å². The lowest BCUT2D eigenvalue weighted by Gasteiger charge is -2.20. The van der Waals surface area contributed by atoms with Crippen molar-refractivity contribution in [1.82, 2.24) is 15.2 Å². The molecule has 2 heterocycles. The zero-order chi connectivity index (χ0) is 12.1. The summed E-state index contributed by atoms with van der Waals surface area (Å²) < 4.78 is 5.30. The summed E-state index contributed by atoms with van der Waals surface area (Å²) in [5.74, 6) is 1.33. The minimum absolute atomic E-state index is 0.0113. The quantitative estimate of drug-likeness (QED) is 0.856. The fourth-order valence-corrected chi connectivity index (χ4v) is 2.02. The SMILES string of the molecule is Cc1cnc(CNC(=O)N2CCCCCC2)o1. The molecule has 1 saturated heterocycles. The summed E-state index contributed by atoms with van der Waals surface area (Å²) in [5, 5.41) is 2.84. The lowest BCUT2D eigenvalue weighted by molar-refractivity contribution is 0.198. The van der Waals surface area contributed by atoms with Gasteiger partial charge in [-0.1, -0.05) is 12.8 Å². The van der Waals surface area contributed by atoms with Crippen LogP contribution in [-0.4, -0.2) is 29.0 Å². The van der Waals surface area contributed by atoms with Crippen LogP contribution in [0, 0.1) is 6.92 Å². The molecule has 1 fully saturated rings. The first-order valence-corrected chi connectivity index (χ1v) is 6.20. The molecular weight excluding hydrogens is 218 g/mol. The largest absolute Gasteiger partial charge is 0.444 e. The van der Waals surface area contributed by atoms with Gasteiger partial charge in [-0.25, -0.2) is 9.78 Å². The Morgan fingerprint density at radius 1 is 1.41 bits per heavy atom. The van der Waals surface area contributed by atoms with Gasteiger partial charge < -0.3 is 14.6 Å². The summed E-state index contributed by atoms with van der Waals surface area (Å²) >= 11 is 0. The van der Waals surface area contributed by atoms with Crippen LogP contribution < -0.4 is 5.32 Å². The number of aromatic nitrogens is 1. The first kappa shape index (κ1) is 12.0. The highest BCUT2D eigenvalue weighted by Gasteiger charge is 2.15. The van der Waals surface area contributed by atoms with Crippen molar-refractivity contribution in [2.75, 3.05) is 13.1 Å². The molecule has 0 aromatic carbocycles. The summed E-state index contributed by atoms with van der Waals surface area (Å²) in [5.41, 5.74) is 0. The Labute approximate surface area is 101 Å². The average molecular weight is 237 g/mol. The van der Waals surface area contributed by atoms with Gasteiger partial charge in [0.05, 0.1) is 12.7 Å². The van der Waals surface area contributed by atoms with Gasteiger partial charge in [0.15, 0.2) is 0 Å². The van der Waals surface area contributed by atoms with Crippen LogP contribution in [0.5, 0.6) is 0 Å². The van der Waals surface area contributed by atoms with E-state index in [0.29, 0.717) is 12.4 Å². The van der Waals surface area contributed by atoms with Gasteiger partial charge >= 0.3 is 6.03 Å². The first-order valence-electron chi connectivity index (χ1n) is 6.20. The number of carbonyl (C=O) groups excluding carboxylic acids is 1. The second-order valence-corrected chi connectivity index (χ2v) is 4.42. The summed E-state index contributed by atoms with van der Waals surface area (Å²) in [4.78, 5) is 17.8. The van der Waals surface area contributed by atoms with Crippen LogP contribution in [0.25, 0.3) is 0 Å². The predicted octanol–water partition coefficient (Wildman–Crippen LogP) is 2.07. The van der Waals surface area contributed by atoms with Crippen molar-refractivity contribution in [3.8, 4) is 0 Å². The van der Waals surface area contributed by atoms with E-state index in [0.717, 1.165) is 31.7 Å². The molecule has 1 aliphatic heterocycles. The molecule has 0 radical (unpaired) electrons. The summed E-state index contributed by atoms with van der Waals surface area (Å²) in [6.07, 6.45) is 6.32. The summed E-state index contributed by atoms with van der Waals surface area (Å²) in [7, 11) is 0. The number of rotatable bonds is 2. The van der Waals surface area contributed by atoms with Gasteiger partial charge in [-0.2, -0.15) is 0 Å². The van der Waals surface area contributed by atoms with Crippen molar-refractivity contribution in [3.05, 3.63) is 17.8 Å². The number of nitrogens with zero attached hydrogens (tertiary/aromatic N) is 2. The summed E-state index contributed by atoms with van der Waals surface area (Å²) in [6.45, 7) is 3.92. The number of carbonyl (C=O) groups is 1. The highest BCUT2D eigenvalue weighted by molar-refractivity contribution is 5.74. The molecule has 1 aromatic rings. The van der Waals surface area contributed by atoms with Gasteiger partial charge in [0.1, 0.15) is 5.76 Å². The Morgan fingerprint density at radius 2 is 2.12 bits per heavy atom. The van der Waals surface area contributed by atoms with Crippen molar-refractivity contribution in [2.45, 2.75) is 39.2 Å². The van der Waals surface area contributed by atoms with Gasteiger partial charge in [0, 0.05) is 13.1 Å². The maximum Gasteiger partial charge on any atom is 0.317 e. The fraction of sp³-hybridized carbons (Fsp3) is 0.667. The Bertz CT molecular complexity index is 368. The standard InChI is InChI=1S/C12H19N3O2/c1-10-8-13-11(17-10)9-14-12(16)15-6-4-2-3-5-7-15/h8H,2-7,9H2,1H3,(H,14,16). The van der Waals surface area contributed by atoms with Crippen molar-refractivity contribution >= 4 is 6.03 Å². The van der Waals surface area contributed by atoms with E-state index in [1.54, 1.807) is 6.20 Å². The van der Waals surface area contributed by atoms with Crippen molar-refractivity contribution in [1.29, 1.82) is 0 Å². The lowest BCUT2D eigenvalue weighted by Crippen LogP contribution is -2.40. The Kier molecular flexibility index (Phi) is 4.01. The maximum absolute atomic E-state index is 11.9. The molecule has 2 amide bonds. The third-order valence-electron chi connectivity index (χ3n) is 2.95. The monoisotopic (exact) mass is 237 g/mol. The minimum Gasteiger partial charge on any atom is -0.444 e. The van der Waals surface area contributed by atoms with Gasteiger partial charge in [0.25, 0.3) is 0 Å². The van der Waals surface area contributed by atoms with E-state index in [2.05, 4.69) is 10.3 Å². The normalized spacial score (nSPS) is 16.6. The molecule has 1 aromatic heterocycles. The molecule has 0 aliphatic carbocycles.